The van der Waals surface area contributed by atoms with Gasteiger partial charge in [0.1, 0.15) is 0 Å². The van der Waals surface area contributed by atoms with Gasteiger partial charge in [-0.05, 0) is 55.7 Å². The summed E-state index contributed by atoms with van der Waals surface area (Å²) < 4.78 is 4.98. The van der Waals surface area contributed by atoms with E-state index in [2.05, 4.69) is 10.6 Å². The van der Waals surface area contributed by atoms with Gasteiger partial charge in [-0.15, -0.1) is 0 Å². The number of thiocarbonyl (C=S) groups is 1. The van der Waals surface area contributed by atoms with E-state index in [1.807, 2.05) is 0 Å². The number of hydrogen-bond donors (Lipinski definition) is 2. The topological polar surface area (TPSA) is 33.3 Å². The van der Waals surface area contributed by atoms with Crippen molar-refractivity contribution in [3.05, 3.63) is 0 Å². The van der Waals surface area contributed by atoms with E-state index in [9.17, 15) is 0 Å². The fourth-order valence-corrected chi connectivity index (χ4v) is 2.50. The fourth-order valence-electron chi connectivity index (χ4n) is 2.32. The normalized spacial score (nSPS) is 21.6. The van der Waals surface area contributed by atoms with Crippen molar-refractivity contribution in [1.82, 2.24) is 10.6 Å². The van der Waals surface area contributed by atoms with E-state index in [4.69, 9.17) is 17.0 Å². The van der Waals surface area contributed by atoms with Gasteiger partial charge in [0.15, 0.2) is 5.11 Å². The Bertz CT molecular complexity index is 249. The van der Waals surface area contributed by atoms with Gasteiger partial charge in [0, 0.05) is 26.8 Å². The first-order chi connectivity index (χ1) is 7.77. The van der Waals surface area contributed by atoms with Gasteiger partial charge in [-0.25, -0.2) is 0 Å². The Morgan fingerprint density at radius 2 is 2.12 bits per heavy atom. The summed E-state index contributed by atoms with van der Waals surface area (Å²) in [4.78, 5) is 0. The van der Waals surface area contributed by atoms with Crippen LogP contribution < -0.4 is 10.6 Å². The lowest BCUT2D eigenvalue weighted by atomic mass is 10.0. The van der Waals surface area contributed by atoms with E-state index >= 15 is 0 Å². The van der Waals surface area contributed by atoms with Crippen molar-refractivity contribution in [2.24, 2.45) is 11.3 Å². The molecule has 0 atom stereocenters. The summed E-state index contributed by atoms with van der Waals surface area (Å²) in [5.41, 5.74) is 0.623. The molecule has 2 aliphatic carbocycles. The minimum absolute atomic E-state index is 0.623. The minimum atomic E-state index is 0.623. The van der Waals surface area contributed by atoms with Gasteiger partial charge in [-0.1, -0.05) is 0 Å². The maximum absolute atomic E-state index is 5.24. The standard InChI is InChI=1S/C12H22N2OS/c1-15-8-2-7-13-11(16)14-9-12(5-6-12)10-3-4-10/h10H,2-9H2,1H3,(H2,13,14,16). The molecule has 2 saturated carbocycles. The molecule has 2 rings (SSSR count). The predicted octanol–water partition coefficient (Wildman–Crippen LogP) is 1.68. The van der Waals surface area contributed by atoms with Crippen LogP contribution in [0.4, 0.5) is 0 Å². The molecule has 92 valence electrons. The Kier molecular flexibility index (Phi) is 4.03. The van der Waals surface area contributed by atoms with Crippen molar-refractivity contribution in [2.75, 3.05) is 26.8 Å². The highest BCUT2D eigenvalue weighted by atomic mass is 32.1. The van der Waals surface area contributed by atoms with E-state index in [0.717, 1.165) is 37.1 Å². The molecule has 2 fully saturated rings. The molecule has 0 radical (unpaired) electrons. The highest BCUT2D eigenvalue weighted by Crippen LogP contribution is 2.60. The van der Waals surface area contributed by atoms with Crippen LogP contribution in [-0.4, -0.2) is 31.9 Å². The van der Waals surface area contributed by atoms with Crippen molar-refractivity contribution >= 4 is 17.3 Å². The zero-order valence-corrected chi connectivity index (χ0v) is 10.9. The summed E-state index contributed by atoms with van der Waals surface area (Å²) in [5.74, 6) is 0.997. The summed E-state index contributed by atoms with van der Waals surface area (Å²) in [7, 11) is 1.73. The Hall–Kier alpha value is -0.350. The monoisotopic (exact) mass is 242 g/mol. The van der Waals surface area contributed by atoms with Crippen LogP contribution in [0.2, 0.25) is 0 Å². The first-order valence-corrected chi connectivity index (χ1v) is 6.68. The average molecular weight is 242 g/mol. The van der Waals surface area contributed by atoms with Crippen LogP contribution >= 0.6 is 12.2 Å². The van der Waals surface area contributed by atoms with Gasteiger partial charge in [0.2, 0.25) is 0 Å². The van der Waals surface area contributed by atoms with Crippen LogP contribution in [0.3, 0.4) is 0 Å². The van der Waals surface area contributed by atoms with Crippen LogP contribution in [0.5, 0.6) is 0 Å². The molecule has 0 spiro atoms. The van der Waals surface area contributed by atoms with Gasteiger partial charge in [-0.2, -0.15) is 0 Å². The first kappa shape index (κ1) is 12.1. The minimum Gasteiger partial charge on any atom is -0.385 e. The Morgan fingerprint density at radius 1 is 1.38 bits per heavy atom. The fraction of sp³-hybridized carbons (Fsp3) is 0.917. The molecular formula is C12H22N2OS. The van der Waals surface area contributed by atoms with Gasteiger partial charge in [0.05, 0.1) is 0 Å². The molecule has 0 unspecified atom stereocenters. The molecule has 2 N–H and O–H groups in total. The number of nitrogens with one attached hydrogen (secondary N) is 2. The zero-order chi connectivity index (χ0) is 11.4. The number of hydrogen-bond acceptors (Lipinski definition) is 2. The summed E-state index contributed by atoms with van der Waals surface area (Å²) in [6.45, 7) is 2.77. The summed E-state index contributed by atoms with van der Waals surface area (Å²) in [6, 6.07) is 0. The molecule has 0 saturated heterocycles. The third-order valence-corrected chi connectivity index (χ3v) is 4.04. The Balaban J connectivity index is 1.54. The number of ether oxygens (including phenoxy) is 1. The molecule has 0 bridgehead atoms. The van der Waals surface area contributed by atoms with E-state index in [-0.39, 0.29) is 0 Å². The molecule has 3 nitrogen and oxygen atoms in total. The summed E-state index contributed by atoms with van der Waals surface area (Å²) >= 11 is 5.24. The molecule has 0 aromatic carbocycles. The smallest absolute Gasteiger partial charge is 0.166 e. The molecule has 0 aromatic rings. The number of rotatable bonds is 7. The molecule has 16 heavy (non-hydrogen) atoms. The van der Waals surface area contributed by atoms with Crippen LogP contribution in [0.15, 0.2) is 0 Å². The third-order valence-electron chi connectivity index (χ3n) is 3.75. The quantitative estimate of drug-likeness (QED) is 0.526. The molecule has 4 heteroatoms. The highest BCUT2D eigenvalue weighted by Gasteiger charge is 2.53. The van der Waals surface area contributed by atoms with Crippen LogP contribution in [0.1, 0.15) is 32.1 Å². The lowest BCUT2D eigenvalue weighted by Gasteiger charge is -2.17. The van der Waals surface area contributed by atoms with E-state index in [1.165, 1.54) is 25.7 Å². The molecule has 0 aromatic heterocycles. The van der Waals surface area contributed by atoms with Crippen molar-refractivity contribution < 1.29 is 4.74 Å². The van der Waals surface area contributed by atoms with Crippen molar-refractivity contribution in [3.8, 4) is 0 Å². The second kappa shape index (κ2) is 5.32. The van der Waals surface area contributed by atoms with Gasteiger partial charge in [-0.3, -0.25) is 0 Å². The maximum atomic E-state index is 5.24. The van der Waals surface area contributed by atoms with Gasteiger partial charge in [0.25, 0.3) is 0 Å². The SMILES string of the molecule is COCCCNC(=S)NCC1(C2CC2)CC1. The van der Waals surface area contributed by atoms with Crippen molar-refractivity contribution in [1.29, 1.82) is 0 Å². The van der Waals surface area contributed by atoms with Crippen LogP contribution in [0.25, 0.3) is 0 Å². The zero-order valence-electron chi connectivity index (χ0n) is 10.1. The first-order valence-electron chi connectivity index (χ1n) is 6.27. The van der Waals surface area contributed by atoms with Crippen LogP contribution in [-0.2, 0) is 4.74 Å². The van der Waals surface area contributed by atoms with Gasteiger partial charge >= 0.3 is 0 Å². The van der Waals surface area contributed by atoms with E-state index < -0.39 is 0 Å². The summed E-state index contributed by atoms with van der Waals surface area (Å²) in [6.07, 6.45) is 6.69. The maximum Gasteiger partial charge on any atom is 0.166 e. The molecule has 0 heterocycles. The van der Waals surface area contributed by atoms with Crippen molar-refractivity contribution in [3.63, 3.8) is 0 Å². The third kappa shape index (κ3) is 3.32. The lowest BCUT2D eigenvalue weighted by Crippen LogP contribution is -2.39. The van der Waals surface area contributed by atoms with Crippen LogP contribution in [0, 0.1) is 11.3 Å². The molecule has 0 amide bonds. The predicted molar refractivity (Wildman–Crippen MR) is 69.5 cm³/mol. The molecule has 0 aliphatic heterocycles. The van der Waals surface area contributed by atoms with Gasteiger partial charge < -0.3 is 15.4 Å². The lowest BCUT2D eigenvalue weighted by molar-refractivity contribution is 0.195. The van der Waals surface area contributed by atoms with E-state index in [0.29, 0.717) is 5.41 Å². The largest absolute Gasteiger partial charge is 0.385 e. The molecular weight excluding hydrogens is 220 g/mol. The molecule has 2 aliphatic rings. The Labute approximate surface area is 103 Å². The highest BCUT2D eigenvalue weighted by molar-refractivity contribution is 7.80. The Morgan fingerprint density at radius 3 is 2.69 bits per heavy atom. The average Bonchev–Trinajstić information content (AvgIpc) is 3.14. The summed E-state index contributed by atoms with van der Waals surface area (Å²) in [5, 5.41) is 7.39. The number of methoxy groups -OCH3 is 1. The van der Waals surface area contributed by atoms with E-state index in [1.54, 1.807) is 7.11 Å². The second-order valence-electron chi connectivity index (χ2n) is 5.09. The van der Waals surface area contributed by atoms with Crippen molar-refractivity contribution in [2.45, 2.75) is 32.1 Å². The second-order valence-corrected chi connectivity index (χ2v) is 5.50.